The average molecular weight is 1130 g/mol. The summed E-state index contributed by atoms with van der Waals surface area (Å²) in [5.74, 6) is -0.891. The molecule has 1 atom stereocenters. The lowest BCUT2D eigenvalue weighted by molar-refractivity contribution is -0.167. The molecule has 0 rings (SSSR count). The maximum Gasteiger partial charge on any atom is 0.306 e. The lowest BCUT2D eigenvalue weighted by Gasteiger charge is -2.18. The highest BCUT2D eigenvalue weighted by molar-refractivity contribution is 5.71. The number of carbonyl (C=O) groups is 3. The van der Waals surface area contributed by atoms with Crippen molar-refractivity contribution in [3.8, 4) is 0 Å². The Morgan fingerprint density at radius 2 is 0.494 bits per heavy atom. The Kier molecular flexibility index (Phi) is 65.7. The first-order valence-electron chi connectivity index (χ1n) is 34.7. The molecule has 466 valence electrons. The fourth-order valence-corrected chi connectivity index (χ4v) is 9.84. The highest BCUT2D eigenvalue weighted by Crippen LogP contribution is 2.17. The van der Waals surface area contributed by atoms with Crippen LogP contribution in [0.1, 0.15) is 342 Å². The van der Waals surface area contributed by atoms with E-state index in [4.69, 9.17) is 14.2 Å². The van der Waals surface area contributed by atoms with E-state index in [1.165, 1.54) is 186 Å². The molecule has 0 bridgehead atoms. The van der Waals surface area contributed by atoms with E-state index < -0.39 is 6.10 Å². The normalized spacial score (nSPS) is 12.7. The molecule has 0 aliphatic carbocycles. The molecule has 0 spiro atoms. The molecule has 0 heterocycles. The number of carbonyl (C=O) groups excluding carboxylic acids is 3. The van der Waals surface area contributed by atoms with Gasteiger partial charge in [-0.2, -0.15) is 0 Å². The predicted octanol–water partition coefficient (Wildman–Crippen LogP) is 24.0. The van der Waals surface area contributed by atoms with Gasteiger partial charge in [-0.15, -0.1) is 0 Å². The van der Waals surface area contributed by atoms with Crippen LogP contribution in [0.5, 0.6) is 0 Å². The van der Waals surface area contributed by atoms with E-state index in [-0.39, 0.29) is 31.1 Å². The maximum absolute atomic E-state index is 12.9. The standard InChI is InChI=1S/C75H130O6/c1-4-7-10-13-16-19-22-24-26-28-30-31-32-33-34-35-36-37-38-39-40-41-42-43-45-46-48-50-53-56-59-62-65-68-74(77)80-71-72(70-79-73(76)67-64-61-58-55-52-21-18-15-12-9-6-3)81-75(78)69-66-63-60-57-54-51-49-47-44-29-27-25-23-20-17-14-11-8-5-2/h7,10,15-20,24-27,30-31,44,47,72H,4-6,8-9,11-14,21-23,28-29,32-43,45-46,48-71H2,1-3H3/b10-7-,18-15-,19-16-,20-17-,26-24-,27-25-,31-30-,47-44-. The first kappa shape index (κ1) is 77.3. The highest BCUT2D eigenvalue weighted by atomic mass is 16.6. The number of unbranched alkanes of at least 4 members (excludes halogenated alkanes) is 36. The Labute approximate surface area is 502 Å². The molecule has 0 saturated heterocycles. The lowest BCUT2D eigenvalue weighted by atomic mass is 10.0. The second-order valence-electron chi connectivity index (χ2n) is 23.1. The van der Waals surface area contributed by atoms with Crippen molar-refractivity contribution in [1.29, 1.82) is 0 Å². The molecular weight excluding hydrogens is 997 g/mol. The third-order valence-electron chi connectivity index (χ3n) is 15.0. The van der Waals surface area contributed by atoms with Crippen LogP contribution in [0.3, 0.4) is 0 Å². The topological polar surface area (TPSA) is 78.9 Å². The molecule has 0 radical (unpaired) electrons. The molecule has 0 aromatic rings. The lowest BCUT2D eigenvalue weighted by Crippen LogP contribution is -2.30. The summed E-state index contributed by atoms with van der Waals surface area (Å²) in [5.41, 5.74) is 0. The van der Waals surface area contributed by atoms with Crippen LogP contribution < -0.4 is 0 Å². The van der Waals surface area contributed by atoms with Gasteiger partial charge in [0.05, 0.1) is 0 Å². The van der Waals surface area contributed by atoms with Crippen LogP contribution in [-0.4, -0.2) is 37.2 Å². The van der Waals surface area contributed by atoms with Gasteiger partial charge in [-0.05, 0) is 116 Å². The molecule has 0 aromatic heterocycles. The van der Waals surface area contributed by atoms with Crippen molar-refractivity contribution in [2.24, 2.45) is 0 Å². The van der Waals surface area contributed by atoms with Crippen molar-refractivity contribution in [3.05, 3.63) is 97.2 Å². The van der Waals surface area contributed by atoms with E-state index in [9.17, 15) is 14.4 Å². The molecule has 0 aliphatic heterocycles. The largest absolute Gasteiger partial charge is 0.462 e. The predicted molar refractivity (Wildman–Crippen MR) is 353 cm³/mol. The molecule has 0 fully saturated rings. The van der Waals surface area contributed by atoms with E-state index >= 15 is 0 Å². The van der Waals surface area contributed by atoms with Crippen LogP contribution in [0.25, 0.3) is 0 Å². The summed E-state index contributed by atoms with van der Waals surface area (Å²) in [4.78, 5) is 38.3. The number of esters is 3. The van der Waals surface area contributed by atoms with Crippen LogP contribution in [0, 0.1) is 0 Å². The summed E-state index contributed by atoms with van der Waals surface area (Å²) in [6.07, 6.45) is 93.0. The molecule has 6 heteroatoms. The van der Waals surface area contributed by atoms with Gasteiger partial charge in [-0.1, -0.05) is 304 Å². The number of allylic oxidation sites excluding steroid dienone is 16. The molecule has 0 saturated carbocycles. The second-order valence-corrected chi connectivity index (χ2v) is 23.1. The van der Waals surface area contributed by atoms with Crippen LogP contribution in [0.15, 0.2) is 97.2 Å². The number of rotatable bonds is 63. The third kappa shape index (κ3) is 67.0. The van der Waals surface area contributed by atoms with Crippen molar-refractivity contribution in [1.82, 2.24) is 0 Å². The summed E-state index contributed by atoms with van der Waals surface area (Å²) in [7, 11) is 0. The van der Waals surface area contributed by atoms with Gasteiger partial charge >= 0.3 is 17.9 Å². The number of hydrogen-bond acceptors (Lipinski definition) is 6. The molecule has 6 nitrogen and oxygen atoms in total. The highest BCUT2D eigenvalue weighted by Gasteiger charge is 2.19. The summed E-state index contributed by atoms with van der Waals surface area (Å²) in [5, 5.41) is 0. The fraction of sp³-hybridized carbons (Fsp3) is 0.747. The molecule has 0 N–H and O–H groups in total. The number of ether oxygens (including phenoxy) is 3. The summed E-state index contributed by atoms with van der Waals surface area (Å²) < 4.78 is 16.9. The van der Waals surface area contributed by atoms with Gasteiger partial charge in [0.15, 0.2) is 6.10 Å². The van der Waals surface area contributed by atoms with Crippen LogP contribution >= 0.6 is 0 Å². The molecular formula is C75H130O6. The van der Waals surface area contributed by atoms with Crippen molar-refractivity contribution < 1.29 is 28.6 Å². The van der Waals surface area contributed by atoms with E-state index in [1.807, 2.05) is 0 Å². The minimum atomic E-state index is -0.787. The van der Waals surface area contributed by atoms with Gasteiger partial charge in [0, 0.05) is 19.3 Å². The van der Waals surface area contributed by atoms with E-state index in [2.05, 4.69) is 118 Å². The SMILES string of the molecule is CC/C=C\C/C=C\C/C=C\C/C=C\CCCCCCCCCCCCCCCCCCCCCCC(=O)OCC(COC(=O)CCCCCCC/C=C\CCCC)OC(=O)CCCCCCCC/C=C\C/C=C\C/C=C\CCCCC. The maximum atomic E-state index is 12.9. The van der Waals surface area contributed by atoms with Gasteiger partial charge in [0.25, 0.3) is 0 Å². The minimum Gasteiger partial charge on any atom is -0.462 e. The zero-order valence-electron chi connectivity index (χ0n) is 53.5. The Hall–Kier alpha value is -3.67. The Morgan fingerprint density at radius 1 is 0.259 bits per heavy atom. The Balaban J connectivity index is 4.14. The van der Waals surface area contributed by atoms with Crippen molar-refractivity contribution in [3.63, 3.8) is 0 Å². The monoisotopic (exact) mass is 1130 g/mol. The Bertz CT molecular complexity index is 1580. The first-order valence-corrected chi connectivity index (χ1v) is 34.7. The van der Waals surface area contributed by atoms with Gasteiger partial charge in [0.2, 0.25) is 0 Å². The molecule has 81 heavy (non-hydrogen) atoms. The zero-order valence-corrected chi connectivity index (χ0v) is 53.5. The van der Waals surface area contributed by atoms with Crippen molar-refractivity contribution >= 4 is 17.9 Å². The molecule has 0 aliphatic rings. The average Bonchev–Trinajstić information content (AvgIpc) is 3.47. The zero-order chi connectivity index (χ0) is 58.5. The fourth-order valence-electron chi connectivity index (χ4n) is 9.84. The number of hydrogen-bond donors (Lipinski definition) is 0. The van der Waals surface area contributed by atoms with E-state index in [1.54, 1.807) is 0 Å². The van der Waals surface area contributed by atoms with Gasteiger partial charge in [-0.25, -0.2) is 0 Å². The van der Waals surface area contributed by atoms with Gasteiger partial charge in [-0.3, -0.25) is 14.4 Å². The Morgan fingerprint density at radius 3 is 0.802 bits per heavy atom. The third-order valence-corrected chi connectivity index (χ3v) is 15.0. The van der Waals surface area contributed by atoms with Gasteiger partial charge < -0.3 is 14.2 Å². The van der Waals surface area contributed by atoms with Gasteiger partial charge in [0.1, 0.15) is 13.2 Å². The first-order chi connectivity index (χ1) is 40.0. The quantitative estimate of drug-likeness (QED) is 0.0261. The van der Waals surface area contributed by atoms with E-state index in [0.29, 0.717) is 19.3 Å². The van der Waals surface area contributed by atoms with Crippen molar-refractivity contribution in [2.75, 3.05) is 13.2 Å². The summed E-state index contributed by atoms with van der Waals surface area (Å²) >= 11 is 0. The minimum absolute atomic E-state index is 0.0820. The van der Waals surface area contributed by atoms with Crippen molar-refractivity contribution in [2.45, 2.75) is 348 Å². The van der Waals surface area contributed by atoms with Crippen LogP contribution in [-0.2, 0) is 28.6 Å². The summed E-state index contributed by atoms with van der Waals surface area (Å²) in [6.45, 7) is 6.48. The van der Waals surface area contributed by atoms with E-state index in [0.717, 1.165) is 116 Å². The molecule has 1 unspecified atom stereocenters. The second kappa shape index (κ2) is 68.8. The molecule has 0 amide bonds. The summed E-state index contributed by atoms with van der Waals surface area (Å²) in [6, 6.07) is 0. The van der Waals surface area contributed by atoms with Crippen LogP contribution in [0.2, 0.25) is 0 Å². The molecule has 0 aromatic carbocycles. The smallest absolute Gasteiger partial charge is 0.306 e. The van der Waals surface area contributed by atoms with Crippen LogP contribution in [0.4, 0.5) is 0 Å².